The molecule has 0 unspecified atom stereocenters. The van der Waals surface area contributed by atoms with Gasteiger partial charge in [0.05, 0.1) is 18.1 Å². The van der Waals surface area contributed by atoms with Crippen molar-refractivity contribution in [3.8, 4) is 0 Å². The van der Waals surface area contributed by atoms with Crippen molar-refractivity contribution in [1.82, 2.24) is 0 Å². The van der Waals surface area contributed by atoms with Crippen LogP contribution in [0.4, 0.5) is 5.69 Å². The van der Waals surface area contributed by atoms with E-state index < -0.39 is 0 Å². The van der Waals surface area contributed by atoms with Crippen molar-refractivity contribution >= 4 is 34.9 Å². The number of thioether (sulfide) groups is 1. The number of benzene rings is 1. The normalized spacial score (nSPS) is 19.7. The molecule has 5 heteroatoms. The average molecular weight is 330 g/mol. The minimum atomic E-state index is 0.797. The van der Waals surface area contributed by atoms with Crippen LogP contribution in [0.5, 0.6) is 0 Å². The first-order valence-corrected chi connectivity index (χ1v) is 9.10. The fourth-order valence-electron chi connectivity index (χ4n) is 2.78. The van der Waals surface area contributed by atoms with Crippen molar-refractivity contribution in [2.45, 2.75) is 13.8 Å². The standard InChI is InChI=1S/C18H24N3OS/c1-3-20(4-2)16-7-5-15(6-8-16)13-17-14-19-18(23-17)21-9-11-22-12-10-21/h5-8,13-14H,3-4,9-12H2,1-2H3/q+1. The summed E-state index contributed by atoms with van der Waals surface area (Å²) in [4.78, 5) is 8.11. The Balaban J connectivity index is 1.69. The van der Waals surface area contributed by atoms with Crippen LogP contribution in [0, 0.1) is 0 Å². The molecule has 122 valence electrons. The number of nitrogens with zero attached hydrogens (tertiary/aromatic N) is 3. The lowest BCUT2D eigenvalue weighted by atomic mass is 10.2. The van der Waals surface area contributed by atoms with E-state index in [2.05, 4.69) is 58.7 Å². The first-order valence-electron chi connectivity index (χ1n) is 8.28. The SMILES string of the molecule is CCN(CC)c1ccc(C=C2C=NC(=[N+]3CCOCC3)S2)cc1. The summed E-state index contributed by atoms with van der Waals surface area (Å²) in [6, 6.07) is 8.76. The second-order valence-corrected chi connectivity index (χ2v) is 6.59. The highest BCUT2D eigenvalue weighted by Crippen LogP contribution is 2.26. The summed E-state index contributed by atoms with van der Waals surface area (Å²) in [5, 5.41) is 1.10. The molecule has 1 fully saturated rings. The van der Waals surface area contributed by atoms with E-state index in [1.165, 1.54) is 16.2 Å². The molecule has 2 aliphatic rings. The molecule has 0 aromatic heterocycles. The highest BCUT2D eigenvalue weighted by atomic mass is 32.2. The molecule has 0 atom stereocenters. The summed E-state index contributed by atoms with van der Waals surface area (Å²) in [7, 11) is 0. The van der Waals surface area contributed by atoms with Crippen LogP contribution in [0.3, 0.4) is 0 Å². The lowest BCUT2D eigenvalue weighted by Gasteiger charge is -2.20. The topological polar surface area (TPSA) is 27.8 Å². The molecule has 23 heavy (non-hydrogen) atoms. The van der Waals surface area contributed by atoms with Crippen LogP contribution in [-0.2, 0) is 4.74 Å². The molecule has 1 aromatic rings. The summed E-state index contributed by atoms with van der Waals surface area (Å²) in [6.07, 6.45) is 4.17. The Morgan fingerprint density at radius 3 is 2.52 bits per heavy atom. The molecule has 4 nitrogen and oxygen atoms in total. The van der Waals surface area contributed by atoms with Crippen LogP contribution in [0.15, 0.2) is 34.2 Å². The number of amidine groups is 1. The van der Waals surface area contributed by atoms with E-state index in [0.29, 0.717) is 0 Å². The fraction of sp³-hybridized carbons (Fsp3) is 0.444. The Bertz CT molecular complexity index is 622. The van der Waals surface area contributed by atoms with Gasteiger partial charge in [-0.25, -0.2) is 4.58 Å². The average Bonchev–Trinajstić information content (AvgIpc) is 3.07. The molecular formula is C18H24N3OS+. The molecule has 0 aliphatic carbocycles. The minimum Gasteiger partial charge on any atom is -0.373 e. The molecule has 0 bridgehead atoms. The second-order valence-electron chi connectivity index (χ2n) is 5.55. The fourth-order valence-corrected chi connectivity index (χ4v) is 3.71. The van der Waals surface area contributed by atoms with Gasteiger partial charge >= 0.3 is 5.17 Å². The third kappa shape index (κ3) is 4.03. The van der Waals surface area contributed by atoms with Crippen LogP contribution in [0.1, 0.15) is 19.4 Å². The van der Waals surface area contributed by atoms with Crippen LogP contribution >= 0.6 is 11.8 Å². The van der Waals surface area contributed by atoms with Gasteiger partial charge in [0.2, 0.25) is 0 Å². The van der Waals surface area contributed by atoms with Crippen LogP contribution in [0.2, 0.25) is 0 Å². The van der Waals surface area contributed by atoms with Gasteiger partial charge in [-0.1, -0.05) is 12.1 Å². The molecular weight excluding hydrogens is 306 g/mol. The molecule has 1 saturated heterocycles. The van der Waals surface area contributed by atoms with Crippen LogP contribution in [-0.4, -0.2) is 55.4 Å². The first kappa shape index (κ1) is 16.3. The van der Waals surface area contributed by atoms with Gasteiger partial charge in [-0.05, 0) is 42.6 Å². The van der Waals surface area contributed by atoms with Gasteiger partial charge in [-0.15, -0.1) is 0 Å². The number of allylic oxidation sites excluding steroid dienone is 1. The van der Waals surface area contributed by atoms with E-state index in [9.17, 15) is 0 Å². The molecule has 2 heterocycles. The van der Waals surface area contributed by atoms with E-state index in [1.807, 2.05) is 6.21 Å². The number of rotatable bonds is 4. The molecule has 0 saturated carbocycles. The zero-order valence-corrected chi connectivity index (χ0v) is 14.7. The predicted molar refractivity (Wildman–Crippen MR) is 99.9 cm³/mol. The van der Waals surface area contributed by atoms with E-state index in [4.69, 9.17) is 4.74 Å². The predicted octanol–water partition coefficient (Wildman–Crippen LogP) is 3.09. The number of anilines is 1. The van der Waals surface area contributed by atoms with Crippen molar-refractivity contribution < 1.29 is 9.31 Å². The second kappa shape index (κ2) is 7.79. The molecule has 3 rings (SSSR count). The number of hydrogen-bond donors (Lipinski definition) is 0. The minimum absolute atomic E-state index is 0.797. The van der Waals surface area contributed by atoms with Gasteiger partial charge in [0.15, 0.2) is 6.21 Å². The Hall–Kier alpha value is -1.59. The summed E-state index contributed by atoms with van der Waals surface area (Å²) in [5.41, 5.74) is 2.50. The molecule has 2 aliphatic heterocycles. The van der Waals surface area contributed by atoms with E-state index in [-0.39, 0.29) is 0 Å². The largest absolute Gasteiger partial charge is 0.373 e. The highest BCUT2D eigenvalue weighted by Gasteiger charge is 2.24. The van der Waals surface area contributed by atoms with Gasteiger partial charge in [0.25, 0.3) is 0 Å². The number of ether oxygens (including phenoxy) is 1. The van der Waals surface area contributed by atoms with Crippen LogP contribution < -0.4 is 4.90 Å². The maximum atomic E-state index is 5.40. The summed E-state index contributed by atoms with van der Waals surface area (Å²) in [5.74, 6) is 0. The number of hydrogen-bond acceptors (Lipinski definition) is 3. The third-order valence-electron chi connectivity index (χ3n) is 4.12. The number of morpholine rings is 1. The van der Waals surface area contributed by atoms with Crippen molar-refractivity contribution in [3.05, 3.63) is 34.7 Å². The molecule has 0 amide bonds. The smallest absolute Gasteiger partial charge is 0.359 e. The number of aliphatic imine (C=N–C) groups is 1. The highest BCUT2D eigenvalue weighted by molar-refractivity contribution is 8.18. The van der Waals surface area contributed by atoms with Crippen molar-refractivity contribution in [3.63, 3.8) is 0 Å². The lowest BCUT2D eigenvalue weighted by molar-refractivity contribution is -0.547. The Kier molecular flexibility index (Phi) is 5.51. The van der Waals surface area contributed by atoms with Gasteiger partial charge < -0.3 is 9.64 Å². The maximum absolute atomic E-state index is 5.40. The maximum Gasteiger partial charge on any atom is 0.359 e. The van der Waals surface area contributed by atoms with Gasteiger partial charge in [0.1, 0.15) is 13.1 Å². The zero-order valence-electron chi connectivity index (χ0n) is 13.9. The summed E-state index contributed by atoms with van der Waals surface area (Å²) >= 11 is 1.75. The van der Waals surface area contributed by atoms with Crippen molar-refractivity contribution in [2.24, 2.45) is 4.99 Å². The first-order chi connectivity index (χ1) is 11.3. The summed E-state index contributed by atoms with van der Waals surface area (Å²) in [6.45, 7) is 9.92. The molecule has 0 spiro atoms. The third-order valence-corrected chi connectivity index (χ3v) is 5.13. The molecule has 0 radical (unpaired) electrons. The Labute approximate surface area is 142 Å². The van der Waals surface area contributed by atoms with Gasteiger partial charge in [-0.2, -0.15) is 0 Å². The Morgan fingerprint density at radius 1 is 1.17 bits per heavy atom. The van der Waals surface area contributed by atoms with E-state index >= 15 is 0 Å². The quantitative estimate of drug-likeness (QED) is 0.794. The van der Waals surface area contributed by atoms with Crippen molar-refractivity contribution in [2.75, 3.05) is 44.3 Å². The van der Waals surface area contributed by atoms with Gasteiger partial charge in [-0.3, -0.25) is 0 Å². The Morgan fingerprint density at radius 2 is 1.87 bits per heavy atom. The molecule has 1 aromatic carbocycles. The zero-order chi connectivity index (χ0) is 16.1. The van der Waals surface area contributed by atoms with E-state index in [1.54, 1.807) is 11.8 Å². The van der Waals surface area contributed by atoms with Gasteiger partial charge in [0, 0.05) is 30.5 Å². The van der Waals surface area contributed by atoms with E-state index in [0.717, 1.165) is 44.6 Å². The van der Waals surface area contributed by atoms with Crippen molar-refractivity contribution in [1.29, 1.82) is 0 Å². The van der Waals surface area contributed by atoms with Crippen LogP contribution in [0.25, 0.3) is 6.08 Å². The molecule has 0 N–H and O–H groups in total. The summed E-state index contributed by atoms with van der Waals surface area (Å²) < 4.78 is 7.70. The lowest BCUT2D eigenvalue weighted by Crippen LogP contribution is -2.31. The monoisotopic (exact) mass is 330 g/mol.